The highest BCUT2D eigenvalue weighted by atomic mass is 35.5. The smallest absolute Gasteiger partial charge is 0.338 e. The molecule has 0 saturated carbocycles. The molecule has 532 valence electrons. The normalized spacial score (nSPS) is 10.4. The number of aryl methyl sites for hydroxylation is 6. The van der Waals surface area contributed by atoms with Crippen molar-refractivity contribution in [3.8, 4) is 34.5 Å². The number of nitrogens with one attached hydrogen (secondary N) is 13. The molecule has 0 aliphatic carbocycles. The fraction of sp³-hybridized carbons (Fsp3) is 0.149. The summed E-state index contributed by atoms with van der Waals surface area (Å²) >= 11 is 18.3. The number of ether oxygens (including phenoxy) is 3. The Morgan fingerprint density at radius 2 is 0.745 bits per heavy atom. The first-order valence-corrected chi connectivity index (χ1v) is 33.1. The Hall–Kier alpha value is -12.4. The molecule has 0 saturated heterocycles. The average Bonchev–Trinajstić information content (AvgIpc) is 0.835. The molecule has 0 radical (unpaired) electrons. The maximum absolute atomic E-state index is 12.5. The zero-order valence-electron chi connectivity index (χ0n) is 56.1. The lowest BCUT2D eigenvalue weighted by atomic mass is 10.2. The first-order chi connectivity index (χ1) is 48.4. The van der Waals surface area contributed by atoms with Crippen molar-refractivity contribution in [1.29, 1.82) is 0 Å². The quantitative estimate of drug-likeness (QED) is 0.0180. The van der Waals surface area contributed by atoms with Crippen LogP contribution in [0, 0.1) is 51.7 Å². The van der Waals surface area contributed by atoms with Gasteiger partial charge in [-0.3, -0.25) is 76.7 Å². The highest BCUT2D eigenvalue weighted by Gasteiger charge is 2.20. The molecule has 0 aliphatic rings. The van der Waals surface area contributed by atoms with Gasteiger partial charge in [-0.15, -0.1) is 0 Å². The molecule has 0 fully saturated rings. The van der Waals surface area contributed by atoms with E-state index in [1.165, 1.54) is 82.2 Å². The van der Waals surface area contributed by atoms with Gasteiger partial charge in [0.05, 0.1) is 51.0 Å². The maximum atomic E-state index is 12.5. The number of hydrogen-bond acceptors (Lipinski definition) is 20. The zero-order chi connectivity index (χ0) is 74.5. The van der Waals surface area contributed by atoms with E-state index < -0.39 is 33.0 Å². The third-order valence-corrected chi connectivity index (χ3v) is 15.8. The number of carbonyl (C=O) groups is 6. The monoisotopic (exact) mass is 1470 g/mol. The number of nitrogens with zero attached hydrogens (tertiary/aromatic N) is 4. The van der Waals surface area contributed by atoms with E-state index in [1.807, 2.05) is 33.8 Å². The molecular formula is C67H69Cl3N18O13S. The molecule has 0 aliphatic heterocycles. The molecule has 0 atom stereocenters. The number of amides is 9. The molecule has 0 bridgehead atoms. The van der Waals surface area contributed by atoms with E-state index >= 15 is 0 Å². The summed E-state index contributed by atoms with van der Waals surface area (Å²) in [6.07, 6.45) is 5.41. The first-order valence-electron chi connectivity index (χ1n) is 30.1. The summed E-state index contributed by atoms with van der Waals surface area (Å²) in [5, 5.41) is 27.6. The van der Waals surface area contributed by atoms with E-state index in [0.29, 0.717) is 84.1 Å². The fourth-order valence-electron chi connectivity index (χ4n) is 8.62. The van der Waals surface area contributed by atoms with Gasteiger partial charge in [0.1, 0.15) is 57.3 Å². The average molecular weight is 1470 g/mol. The van der Waals surface area contributed by atoms with Gasteiger partial charge in [0, 0.05) is 97.3 Å². The van der Waals surface area contributed by atoms with Crippen molar-refractivity contribution >= 4 is 132 Å². The number of anilines is 8. The Balaban J connectivity index is 0.000000215. The number of sulfonamides is 1. The summed E-state index contributed by atoms with van der Waals surface area (Å²) < 4.78 is 43.2. The van der Waals surface area contributed by atoms with E-state index in [4.69, 9.17) is 54.7 Å². The maximum Gasteiger partial charge on any atom is 0.338 e. The van der Waals surface area contributed by atoms with Gasteiger partial charge in [-0.25, -0.2) is 22.8 Å². The van der Waals surface area contributed by atoms with Crippen molar-refractivity contribution < 1.29 is 56.3 Å². The Bertz CT molecular complexity index is 4790. The molecule has 9 rings (SSSR count). The zero-order valence-corrected chi connectivity index (χ0v) is 59.2. The summed E-state index contributed by atoms with van der Waals surface area (Å²) in [7, 11) is 0.955. The van der Waals surface area contributed by atoms with Crippen LogP contribution in [0.25, 0.3) is 0 Å². The lowest BCUT2D eigenvalue weighted by Gasteiger charge is -2.16. The van der Waals surface area contributed by atoms with Crippen molar-refractivity contribution in [2.75, 3.05) is 70.1 Å². The van der Waals surface area contributed by atoms with Gasteiger partial charge < -0.3 is 51.8 Å². The molecule has 35 heteroatoms. The minimum atomic E-state index is -3.59. The van der Waals surface area contributed by atoms with Crippen LogP contribution in [0.5, 0.6) is 34.5 Å². The predicted molar refractivity (Wildman–Crippen MR) is 392 cm³/mol. The van der Waals surface area contributed by atoms with Gasteiger partial charge >= 0.3 is 18.1 Å². The number of nitro groups is 1. The molecule has 3 aromatic heterocycles. The molecule has 3 heterocycles. The van der Waals surface area contributed by atoms with Gasteiger partial charge in [-0.1, -0.05) is 53.0 Å². The Labute approximate surface area is 599 Å². The highest BCUT2D eigenvalue weighted by Crippen LogP contribution is 2.34. The van der Waals surface area contributed by atoms with Crippen LogP contribution >= 0.6 is 34.8 Å². The van der Waals surface area contributed by atoms with Crippen LogP contribution in [-0.2, 0) is 10.0 Å². The van der Waals surface area contributed by atoms with Gasteiger partial charge in [-0.2, -0.15) is 0 Å². The standard InChI is InChI=1S/C23H25ClN6O5S.C22H21ClN6O5.C22H23ClN6O3/c1-13-5-6-15(35-16-7-8-26-21(11-16)22(31)25-3)10-18(13)28-29-23(32)27-19-12-17(24)14(2)9-20(19)30-36(4,33)34;1-12-4-5-14(34-15-6-7-25-19(10-15)21(30)24-3)9-17(12)27-28-22(31)26-18-11-16(23)13(2)8-20(18)29(32)33;1-12-4-5-14(32-15-6-7-26-20(10-15)21(30)25-3)9-18(12)28-29-22(31)27-19-11-16(23)13(2)8-17(19)24/h5-12,28,30H,1-4H3,(H,25,31)(H2,27,29,32);4-11,27H,1-3H3,(H,24,30)(H2,26,28,31);4-11,28H,24H2,1-3H3,(H,25,30)(H2,27,29,31). The van der Waals surface area contributed by atoms with Crippen molar-refractivity contribution in [3.63, 3.8) is 0 Å². The van der Waals surface area contributed by atoms with E-state index in [2.05, 4.69) is 84.1 Å². The third kappa shape index (κ3) is 22.6. The van der Waals surface area contributed by atoms with Crippen LogP contribution in [0.15, 0.2) is 146 Å². The number of hydrogen-bond donors (Lipinski definition) is 14. The van der Waals surface area contributed by atoms with Crippen LogP contribution in [-0.4, -0.2) is 91.5 Å². The molecule has 102 heavy (non-hydrogen) atoms. The Morgan fingerprint density at radius 3 is 1.11 bits per heavy atom. The summed E-state index contributed by atoms with van der Waals surface area (Å²) in [6, 6.07) is 31.9. The minimum Gasteiger partial charge on any atom is -0.457 e. The van der Waals surface area contributed by atoms with Gasteiger partial charge in [0.2, 0.25) is 10.0 Å². The SMILES string of the molecule is CNC(=O)c1cc(Oc2ccc(C)c(NNC(=O)Nc3cc(Cl)c(C)cc3N)c2)ccn1.CNC(=O)c1cc(Oc2ccc(C)c(NNC(=O)Nc3cc(Cl)c(C)cc3NS(C)(=O)=O)c2)ccn1.CNC(=O)c1cc(Oc2ccc(C)c(NNC(=O)Nc3cc(Cl)c(C)cc3[N+](=O)[O-])c2)ccn1. The largest absolute Gasteiger partial charge is 0.457 e. The van der Waals surface area contributed by atoms with Gasteiger partial charge in [-0.05, 0) is 142 Å². The molecular weight excluding hydrogens is 1400 g/mol. The van der Waals surface area contributed by atoms with Crippen LogP contribution in [0.1, 0.15) is 64.8 Å². The number of urea groups is 3. The number of hydrazine groups is 3. The molecule has 0 unspecified atom stereocenters. The topological polar surface area (TPSA) is 428 Å². The molecule has 31 nitrogen and oxygen atoms in total. The fourth-order valence-corrected chi connectivity index (χ4v) is 9.68. The number of nitro benzene ring substituents is 1. The highest BCUT2D eigenvalue weighted by molar-refractivity contribution is 7.92. The summed E-state index contributed by atoms with van der Waals surface area (Å²) in [6.45, 7) is 10.7. The van der Waals surface area contributed by atoms with Crippen molar-refractivity contribution in [3.05, 3.63) is 222 Å². The van der Waals surface area contributed by atoms with Crippen molar-refractivity contribution in [2.45, 2.75) is 41.5 Å². The summed E-state index contributed by atoms with van der Waals surface area (Å²) in [5.41, 5.74) is 29.4. The number of nitrogen functional groups attached to an aromatic ring is 1. The second kappa shape index (κ2) is 35.4. The lowest BCUT2D eigenvalue weighted by Crippen LogP contribution is -2.34. The van der Waals surface area contributed by atoms with Crippen molar-refractivity contribution in [1.82, 2.24) is 47.2 Å². The van der Waals surface area contributed by atoms with E-state index in [0.717, 1.165) is 28.5 Å². The number of nitrogens with two attached hydrogens (primary N) is 1. The molecule has 6 aromatic carbocycles. The lowest BCUT2D eigenvalue weighted by molar-refractivity contribution is -0.384. The molecule has 0 spiro atoms. The number of carbonyl (C=O) groups excluding carboxylic acids is 6. The number of aromatic nitrogens is 3. The Morgan fingerprint density at radius 1 is 0.422 bits per heavy atom. The first kappa shape index (κ1) is 77.0. The van der Waals surface area contributed by atoms with E-state index in [1.54, 1.807) is 92.7 Å². The van der Waals surface area contributed by atoms with Gasteiger partial charge in [0.15, 0.2) is 0 Å². The number of pyridine rings is 3. The molecule has 9 aromatic rings. The van der Waals surface area contributed by atoms with Crippen LogP contribution in [0.3, 0.4) is 0 Å². The predicted octanol–water partition coefficient (Wildman–Crippen LogP) is 12.8. The molecule has 9 amide bonds. The second-order valence-electron chi connectivity index (χ2n) is 21.8. The summed E-state index contributed by atoms with van der Waals surface area (Å²) in [4.78, 5) is 95.2. The van der Waals surface area contributed by atoms with Crippen LogP contribution in [0.2, 0.25) is 15.1 Å². The summed E-state index contributed by atoms with van der Waals surface area (Å²) in [5.74, 6) is 1.65. The molecule has 15 N–H and O–H groups in total. The van der Waals surface area contributed by atoms with Crippen LogP contribution in [0.4, 0.5) is 65.6 Å². The van der Waals surface area contributed by atoms with Crippen molar-refractivity contribution in [2.24, 2.45) is 0 Å². The van der Waals surface area contributed by atoms with E-state index in [9.17, 15) is 47.3 Å². The Kier molecular flexibility index (Phi) is 26.7. The number of rotatable bonds is 21. The third-order valence-electron chi connectivity index (χ3n) is 14.0. The van der Waals surface area contributed by atoms with Gasteiger partial charge in [0.25, 0.3) is 23.4 Å². The number of halogens is 3. The minimum absolute atomic E-state index is 0.0432. The number of benzene rings is 6. The van der Waals surface area contributed by atoms with E-state index in [-0.39, 0.29) is 62.6 Å². The van der Waals surface area contributed by atoms with Crippen LogP contribution < -0.4 is 89.1 Å². The second-order valence-corrected chi connectivity index (χ2v) is 24.8.